The number of carbonyl (C=O) groups is 1. The molecule has 0 aromatic carbocycles. The summed E-state index contributed by atoms with van der Waals surface area (Å²) < 4.78 is 12.4. The quantitative estimate of drug-likeness (QED) is 0.654. The van der Waals surface area contributed by atoms with Crippen LogP contribution < -0.4 is 0 Å². The van der Waals surface area contributed by atoms with E-state index in [4.69, 9.17) is 9.47 Å². The number of hydrogen-bond acceptors (Lipinski definition) is 5. The van der Waals surface area contributed by atoms with Crippen LogP contribution in [0.2, 0.25) is 0 Å². The molecule has 7 bridgehead atoms. The van der Waals surface area contributed by atoms with Gasteiger partial charge in [-0.05, 0) is 42.6 Å². The Morgan fingerprint density at radius 2 is 2.00 bits per heavy atom. The van der Waals surface area contributed by atoms with Gasteiger partial charge in [-0.25, -0.2) is 0 Å². The van der Waals surface area contributed by atoms with Gasteiger partial charge in [0.1, 0.15) is 11.5 Å². The number of aliphatic hydroxyl groups excluding tert-OH is 1. The van der Waals surface area contributed by atoms with E-state index in [0.717, 1.165) is 32.1 Å². The average Bonchev–Trinajstić information content (AvgIpc) is 2.68. The van der Waals surface area contributed by atoms with Gasteiger partial charge in [0.2, 0.25) is 5.79 Å². The van der Waals surface area contributed by atoms with Crippen LogP contribution in [0.5, 0.6) is 0 Å². The van der Waals surface area contributed by atoms with E-state index in [9.17, 15) is 15.0 Å². The smallest absolute Gasteiger partial charge is 0.211 e. The Bertz CT molecular complexity index is 730. The van der Waals surface area contributed by atoms with Crippen molar-refractivity contribution in [2.45, 2.75) is 70.2 Å². The topological polar surface area (TPSA) is 76.0 Å². The number of carbonyl (C=O) groups excluding carboxylic acids is 1. The first kappa shape index (κ1) is 15.3. The molecule has 8 rings (SSSR count). The van der Waals surface area contributed by atoms with Gasteiger partial charge < -0.3 is 19.7 Å². The van der Waals surface area contributed by atoms with Crippen molar-refractivity contribution in [3.05, 3.63) is 12.2 Å². The molecule has 0 unspecified atom stereocenters. The highest BCUT2D eigenvalue weighted by Gasteiger charge is 2.91. The molecule has 5 nitrogen and oxygen atoms in total. The molecule has 4 aliphatic carbocycles. The molecule has 5 heteroatoms. The highest BCUT2D eigenvalue weighted by Crippen LogP contribution is 2.81. The molecule has 8 aliphatic rings. The van der Waals surface area contributed by atoms with E-state index >= 15 is 0 Å². The van der Waals surface area contributed by atoms with E-state index in [1.54, 1.807) is 0 Å². The molecule has 0 aromatic rings. The fourth-order valence-electron chi connectivity index (χ4n) is 8.46. The van der Waals surface area contributed by atoms with Crippen LogP contribution in [0, 0.1) is 34.0 Å². The van der Waals surface area contributed by atoms with Crippen LogP contribution in [-0.2, 0) is 14.3 Å². The van der Waals surface area contributed by atoms with Crippen molar-refractivity contribution in [2.24, 2.45) is 34.0 Å². The van der Waals surface area contributed by atoms with Gasteiger partial charge in [-0.1, -0.05) is 26.8 Å². The zero-order valence-electron chi connectivity index (χ0n) is 14.8. The van der Waals surface area contributed by atoms with Crippen molar-refractivity contribution in [3.63, 3.8) is 0 Å². The maximum absolute atomic E-state index is 13.4. The Labute approximate surface area is 147 Å². The summed E-state index contributed by atoms with van der Waals surface area (Å²) in [5.74, 6) is -2.11. The van der Waals surface area contributed by atoms with Gasteiger partial charge in [0.15, 0.2) is 12.1 Å². The van der Waals surface area contributed by atoms with Crippen LogP contribution in [0.4, 0.5) is 0 Å². The number of ether oxygens (including phenoxy) is 2. The minimum absolute atomic E-state index is 0.0125. The third-order valence-electron chi connectivity index (χ3n) is 9.05. The zero-order chi connectivity index (χ0) is 17.6. The van der Waals surface area contributed by atoms with Crippen LogP contribution in [0.15, 0.2) is 12.2 Å². The van der Waals surface area contributed by atoms with Crippen molar-refractivity contribution in [2.75, 3.05) is 0 Å². The van der Waals surface area contributed by atoms with E-state index in [2.05, 4.69) is 20.4 Å². The van der Waals surface area contributed by atoms with Crippen molar-refractivity contribution in [1.82, 2.24) is 0 Å². The van der Waals surface area contributed by atoms with Gasteiger partial charge in [0.25, 0.3) is 0 Å². The minimum atomic E-state index is -1.85. The molecule has 0 aromatic heterocycles. The second-order valence-corrected chi connectivity index (χ2v) is 10.0. The lowest BCUT2D eigenvalue weighted by atomic mass is 9.34. The summed E-state index contributed by atoms with van der Waals surface area (Å²) in [4.78, 5) is 13.4. The van der Waals surface area contributed by atoms with Crippen LogP contribution in [0.3, 0.4) is 0 Å². The Kier molecular flexibility index (Phi) is 2.40. The molecular weight excluding hydrogens is 320 g/mol. The molecule has 0 radical (unpaired) electrons. The summed E-state index contributed by atoms with van der Waals surface area (Å²) in [5.41, 5.74) is -1.10. The van der Waals surface area contributed by atoms with Crippen LogP contribution >= 0.6 is 0 Å². The van der Waals surface area contributed by atoms with E-state index in [1.807, 2.05) is 0 Å². The number of Topliss-reactive ketones (excluding diaryl/α,β-unsaturated/α-hetero) is 1. The first-order chi connectivity index (χ1) is 11.7. The molecule has 2 N–H and O–H groups in total. The lowest BCUT2D eigenvalue weighted by Gasteiger charge is -2.79. The van der Waals surface area contributed by atoms with Gasteiger partial charge in [-0.15, -0.1) is 0 Å². The van der Waals surface area contributed by atoms with Gasteiger partial charge in [-0.2, -0.15) is 0 Å². The Balaban J connectivity index is 1.68. The first-order valence-electron chi connectivity index (χ1n) is 9.70. The highest BCUT2D eigenvalue weighted by molar-refractivity contribution is 6.05. The molecule has 8 fully saturated rings. The third-order valence-corrected chi connectivity index (χ3v) is 9.05. The van der Waals surface area contributed by atoms with Crippen LogP contribution in [0.1, 0.15) is 46.0 Å². The molecule has 4 saturated carbocycles. The van der Waals surface area contributed by atoms with Crippen molar-refractivity contribution in [1.29, 1.82) is 0 Å². The van der Waals surface area contributed by atoms with E-state index in [1.165, 1.54) is 0 Å². The maximum Gasteiger partial charge on any atom is 0.211 e. The Morgan fingerprint density at radius 3 is 2.76 bits per heavy atom. The molecule has 4 heterocycles. The second-order valence-electron chi connectivity index (χ2n) is 10.0. The van der Waals surface area contributed by atoms with Crippen LogP contribution in [-0.4, -0.2) is 40.3 Å². The number of hydrogen-bond donors (Lipinski definition) is 2. The number of rotatable bonds is 0. The summed E-state index contributed by atoms with van der Waals surface area (Å²) in [7, 11) is 0. The molecule has 2 spiro atoms. The number of ketones is 1. The Morgan fingerprint density at radius 1 is 1.24 bits per heavy atom. The molecular formula is C20H26O5. The Hall–Kier alpha value is -0.750. The van der Waals surface area contributed by atoms with Crippen molar-refractivity contribution < 1.29 is 24.5 Å². The lowest BCUT2D eigenvalue weighted by Crippen LogP contribution is -2.89. The average molecular weight is 346 g/mol. The van der Waals surface area contributed by atoms with Gasteiger partial charge in [0.05, 0.1) is 6.10 Å². The van der Waals surface area contributed by atoms with E-state index in [0.29, 0.717) is 5.57 Å². The van der Waals surface area contributed by atoms with E-state index < -0.39 is 23.6 Å². The van der Waals surface area contributed by atoms with Crippen molar-refractivity contribution >= 4 is 5.78 Å². The first-order valence-corrected chi connectivity index (χ1v) is 9.70. The molecule has 0 amide bonds. The predicted molar refractivity (Wildman–Crippen MR) is 87.1 cm³/mol. The van der Waals surface area contributed by atoms with Gasteiger partial charge in [-0.3, -0.25) is 4.79 Å². The summed E-state index contributed by atoms with van der Waals surface area (Å²) in [6.45, 7) is 8.39. The highest BCUT2D eigenvalue weighted by atomic mass is 16.8. The predicted octanol–water partition coefficient (Wildman–Crippen LogP) is 1.77. The minimum Gasteiger partial charge on any atom is -0.387 e. The normalized spacial score (nSPS) is 63.0. The van der Waals surface area contributed by atoms with Crippen LogP contribution in [0.25, 0.3) is 0 Å². The molecule has 25 heavy (non-hydrogen) atoms. The zero-order valence-corrected chi connectivity index (χ0v) is 14.8. The molecule has 9 atom stereocenters. The monoisotopic (exact) mass is 346 g/mol. The second kappa shape index (κ2) is 3.91. The lowest BCUT2D eigenvalue weighted by molar-refractivity contribution is -0.549. The summed E-state index contributed by atoms with van der Waals surface area (Å²) in [6.07, 6.45) is 2.73. The fourth-order valence-corrected chi connectivity index (χ4v) is 8.46. The van der Waals surface area contributed by atoms with E-state index in [-0.39, 0.29) is 40.5 Å². The number of aliphatic hydroxyl groups is 2. The standard InChI is InChI=1S/C20H26O5/c1-9-10-5-6-11-18-8-4-7-17(2,3)12(18)14(22)20(23)19(11,13(9)21)15(10)24-16(18)25-20/h10-12,14-16,22-23H,1,4-8H2,2-3H3/t10-,11-,12+,14-,15+,16-,18+,19-,20-/m0/s1. The van der Waals surface area contributed by atoms with Crippen molar-refractivity contribution in [3.8, 4) is 0 Å². The SMILES string of the molecule is C=C1C(=O)[C@@]23[C@@H]4O[C@H]5O[C@@]2(O)[C@@H](O)[C@@H]2C(C)(C)CCC[C@]52[C@@H]3CC[C@@H]14. The largest absolute Gasteiger partial charge is 0.387 e. The summed E-state index contributed by atoms with van der Waals surface area (Å²) in [6, 6.07) is 0. The maximum atomic E-state index is 13.4. The molecule has 136 valence electrons. The molecule has 4 aliphatic heterocycles. The summed E-state index contributed by atoms with van der Waals surface area (Å²) >= 11 is 0. The van der Waals surface area contributed by atoms with Gasteiger partial charge >= 0.3 is 0 Å². The molecule has 4 saturated heterocycles. The third kappa shape index (κ3) is 1.18. The summed E-state index contributed by atoms with van der Waals surface area (Å²) in [5, 5.41) is 23.1. The fraction of sp³-hybridized carbons (Fsp3) is 0.850. The van der Waals surface area contributed by atoms with Gasteiger partial charge in [0, 0.05) is 17.3 Å².